The molecular weight excluding hydrogens is 282 g/mol. The summed E-state index contributed by atoms with van der Waals surface area (Å²) in [6.45, 7) is 3.64. The normalized spacial score (nSPS) is 10.3. The number of rotatable bonds is 3. The molecule has 1 amide bonds. The number of carbonyl (C=O) groups excluding carboxylic acids is 1. The summed E-state index contributed by atoms with van der Waals surface area (Å²) >= 11 is 5.80. The summed E-state index contributed by atoms with van der Waals surface area (Å²) in [6.07, 6.45) is 0. The molecule has 0 aliphatic heterocycles. The number of aryl methyl sites for hydroxylation is 2. The molecule has 0 radical (unpaired) electrons. The van der Waals surface area contributed by atoms with Crippen molar-refractivity contribution in [3.63, 3.8) is 0 Å². The molecular formula is C13H12ClN3O3. The molecule has 2 aromatic rings. The highest BCUT2D eigenvalue weighted by molar-refractivity contribution is 6.31. The van der Waals surface area contributed by atoms with Gasteiger partial charge in [0.25, 0.3) is 11.6 Å². The van der Waals surface area contributed by atoms with E-state index in [0.717, 1.165) is 11.4 Å². The molecule has 0 saturated heterocycles. The van der Waals surface area contributed by atoms with Gasteiger partial charge >= 0.3 is 0 Å². The topological polar surface area (TPSA) is 77.2 Å². The molecule has 0 spiro atoms. The van der Waals surface area contributed by atoms with Crippen LogP contribution in [0.5, 0.6) is 0 Å². The molecule has 0 fully saturated rings. The number of nitro groups is 1. The Labute approximate surface area is 120 Å². The van der Waals surface area contributed by atoms with Crippen LogP contribution in [-0.2, 0) is 0 Å². The predicted molar refractivity (Wildman–Crippen MR) is 75.7 cm³/mol. The van der Waals surface area contributed by atoms with Gasteiger partial charge in [-0.05, 0) is 38.1 Å². The summed E-state index contributed by atoms with van der Waals surface area (Å²) in [6, 6.07) is 7.54. The zero-order valence-electron chi connectivity index (χ0n) is 10.9. The first-order valence-corrected chi connectivity index (χ1v) is 6.18. The van der Waals surface area contributed by atoms with Crippen LogP contribution >= 0.6 is 11.6 Å². The highest BCUT2D eigenvalue weighted by Crippen LogP contribution is 2.23. The molecule has 0 saturated carbocycles. The van der Waals surface area contributed by atoms with Gasteiger partial charge in [-0.3, -0.25) is 25.0 Å². The molecule has 1 aromatic heterocycles. The Hall–Kier alpha value is -2.34. The molecule has 1 aromatic carbocycles. The van der Waals surface area contributed by atoms with Crippen LogP contribution in [-0.4, -0.2) is 15.5 Å². The average molecular weight is 294 g/mol. The van der Waals surface area contributed by atoms with E-state index in [9.17, 15) is 14.9 Å². The lowest BCUT2D eigenvalue weighted by atomic mass is 10.1. The molecule has 1 N–H and O–H groups in total. The van der Waals surface area contributed by atoms with E-state index in [0.29, 0.717) is 0 Å². The second kappa shape index (κ2) is 5.34. The average Bonchev–Trinajstić information content (AvgIpc) is 2.70. The Morgan fingerprint density at radius 3 is 2.40 bits per heavy atom. The summed E-state index contributed by atoms with van der Waals surface area (Å²) in [7, 11) is 0. The number of amides is 1. The van der Waals surface area contributed by atoms with Crippen LogP contribution in [0.25, 0.3) is 0 Å². The van der Waals surface area contributed by atoms with E-state index in [1.807, 2.05) is 26.0 Å². The van der Waals surface area contributed by atoms with Crippen molar-refractivity contribution in [1.82, 2.24) is 4.68 Å². The fourth-order valence-corrected chi connectivity index (χ4v) is 2.03. The van der Waals surface area contributed by atoms with Crippen molar-refractivity contribution in [2.75, 3.05) is 5.43 Å². The van der Waals surface area contributed by atoms with Crippen LogP contribution in [0.1, 0.15) is 21.7 Å². The predicted octanol–water partition coefficient (Wildman–Crippen LogP) is 3.05. The first kappa shape index (κ1) is 14.1. The van der Waals surface area contributed by atoms with Crippen LogP contribution in [0.15, 0.2) is 30.3 Å². The minimum Gasteiger partial charge on any atom is -0.267 e. The van der Waals surface area contributed by atoms with Crippen molar-refractivity contribution in [3.05, 3.63) is 62.4 Å². The quantitative estimate of drug-likeness (QED) is 0.698. The number of nitro benzene ring substituents is 1. The van der Waals surface area contributed by atoms with Gasteiger partial charge in [-0.2, -0.15) is 0 Å². The second-order valence-corrected chi connectivity index (χ2v) is 4.75. The SMILES string of the molecule is Cc1ccc(C)n1NC(=O)c1cc(Cl)ccc1[N+](=O)[O-]. The molecule has 0 bridgehead atoms. The van der Waals surface area contributed by atoms with Crippen molar-refractivity contribution in [2.45, 2.75) is 13.8 Å². The monoisotopic (exact) mass is 293 g/mol. The van der Waals surface area contributed by atoms with Gasteiger partial charge in [-0.1, -0.05) is 11.6 Å². The van der Waals surface area contributed by atoms with Gasteiger partial charge in [-0.25, -0.2) is 0 Å². The molecule has 0 aliphatic rings. The first-order chi connectivity index (χ1) is 9.40. The maximum atomic E-state index is 12.2. The van der Waals surface area contributed by atoms with Crippen molar-refractivity contribution in [1.29, 1.82) is 0 Å². The molecule has 1 heterocycles. The number of aromatic nitrogens is 1. The van der Waals surface area contributed by atoms with Crippen molar-refractivity contribution < 1.29 is 9.72 Å². The van der Waals surface area contributed by atoms with E-state index in [1.54, 1.807) is 4.68 Å². The number of carbonyl (C=O) groups is 1. The van der Waals surface area contributed by atoms with Crippen molar-refractivity contribution in [3.8, 4) is 0 Å². The molecule has 104 valence electrons. The standard InChI is InChI=1S/C13H12ClN3O3/c1-8-3-4-9(2)16(8)15-13(18)11-7-10(14)5-6-12(11)17(19)20/h3-7H,1-2H3,(H,15,18). The molecule has 20 heavy (non-hydrogen) atoms. The van der Waals surface area contributed by atoms with Gasteiger partial charge in [0.15, 0.2) is 0 Å². The Kier molecular flexibility index (Phi) is 3.76. The Morgan fingerprint density at radius 1 is 1.25 bits per heavy atom. The fraction of sp³-hybridized carbons (Fsp3) is 0.154. The third-order valence-corrected chi connectivity index (χ3v) is 3.12. The number of halogens is 1. The number of benzene rings is 1. The highest BCUT2D eigenvalue weighted by atomic mass is 35.5. The maximum Gasteiger partial charge on any atom is 0.282 e. The maximum absolute atomic E-state index is 12.2. The van der Waals surface area contributed by atoms with Gasteiger partial charge < -0.3 is 0 Å². The lowest BCUT2D eigenvalue weighted by Gasteiger charge is -2.11. The zero-order chi connectivity index (χ0) is 14.9. The summed E-state index contributed by atoms with van der Waals surface area (Å²) < 4.78 is 1.56. The third kappa shape index (κ3) is 2.65. The highest BCUT2D eigenvalue weighted by Gasteiger charge is 2.21. The minimum absolute atomic E-state index is 0.0741. The largest absolute Gasteiger partial charge is 0.282 e. The van der Waals surface area contributed by atoms with Gasteiger partial charge in [0.2, 0.25) is 0 Å². The number of nitrogens with one attached hydrogen (secondary N) is 1. The zero-order valence-corrected chi connectivity index (χ0v) is 11.6. The van der Waals surface area contributed by atoms with Crippen LogP contribution < -0.4 is 5.43 Å². The Balaban J connectivity index is 2.39. The number of nitrogens with zero attached hydrogens (tertiary/aromatic N) is 2. The first-order valence-electron chi connectivity index (χ1n) is 5.80. The van der Waals surface area contributed by atoms with Crippen LogP contribution in [0.3, 0.4) is 0 Å². The van der Waals surface area contributed by atoms with Gasteiger partial charge in [0, 0.05) is 22.5 Å². The minimum atomic E-state index is -0.610. The van der Waals surface area contributed by atoms with E-state index >= 15 is 0 Å². The smallest absolute Gasteiger partial charge is 0.267 e. The third-order valence-electron chi connectivity index (χ3n) is 2.88. The van der Waals surface area contributed by atoms with Crippen LogP contribution in [0.2, 0.25) is 5.02 Å². The van der Waals surface area contributed by atoms with Gasteiger partial charge in [-0.15, -0.1) is 0 Å². The lowest BCUT2D eigenvalue weighted by molar-refractivity contribution is -0.385. The molecule has 0 unspecified atom stereocenters. The van der Waals surface area contributed by atoms with E-state index in [1.165, 1.54) is 18.2 Å². The van der Waals surface area contributed by atoms with E-state index in [-0.39, 0.29) is 16.3 Å². The number of hydrogen-bond donors (Lipinski definition) is 1. The molecule has 7 heteroatoms. The summed E-state index contributed by atoms with van der Waals surface area (Å²) in [5.41, 5.74) is 3.89. The van der Waals surface area contributed by atoms with Crippen LogP contribution in [0.4, 0.5) is 5.69 Å². The summed E-state index contributed by atoms with van der Waals surface area (Å²) in [5, 5.41) is 11.2. The lowest BCUT2D eigenvalue weighted by Crippen LogP contribution is -2.25. The van der Waals surface area contributed by atoms with E-state index in [4.69, 9.17) is 11.6 Å². The Morgan fingerprint density at radius 2 is 1.85 bits per heavy atom. The fourth-order valence-electron chi connectivity index (χ4n) is 1.86. The summed E-state index contributed by atoms with van der Waals surface area (Å²) in [4.78, 5) is 22.5. The Bertz CT molecular complexity index is 675. The van der Waals surface area contributed by atoms with Crippen molar-refractivity contribution in [2.24, 2.45) is 0 Å². The van der Waals surface area contributed by atoms with Crippen molar-refractivity contribution >= 4 is 23.2 Å². The molecule has 0 aliphatic carbocycles. The van der Waals surface area contributed by atoms with E-state index < -0.39 is 10.8 Å². The molecule has 6 nitrogen and oxygen atoms in total. The molecule has 2 rings (SSSR count). The second-order valence-electron chi connectivity index (χ2n) is 4.31. The van der Waals surface area contributed by atoms with Crippen LogP contribution in [0, 0.1) is 24.0 Å². The van der Waals surface area contributed by atoms with Gasteiger partial charge in [0.05, 0.1) is 4.92 Å². The summed E-state index contributed by atoms with van der Waals surface area (Å²) in [5.74, 6) is -0.582. The number of hydrogen-bond acceptors (Lipinski definition) is 3. The molecule has 0 atom stereocenters. The van der Waals surface area contributed by atoms with E-state index in [2.05, 4.69) is 5.43 Å². The van der Waals surface area contributed by atoms with Gasteiger partial charge in [0.1, 0.15) is 5.56 Å².